The standard InChI is InChI=1S/C11H14N4/c1-2-8(13-4-1)6-11-14-9-3-5-12-7-10(9)15-11/h3,5,7-8,13H,1-2,4,6H2,(H,14,15). The number of rotatable bonds is 2. The Balaban J connectivity index is 1.84. The molecule has 1 fully saturated rings. The summed E-state index contributed by atoms with van der Waals surface area (Å²) < 4.78 is 0. The molecule has 0 spiro atoms. The van der Waals surface area contributed by atoms with Gasteiger partial charge in [-0.2, -0.15) is 0 Å². The number of aromatic nitrogens is 3. The van der Waals surface area contributed by atoms with Gasteiger partial charge in [-0.05, 0) is 25.5 Å². The summed E-state index contributed by atoms with van der Waals surface area (Å²) in [6.45, 7) is 1.15. The summed E-state index contributed by atoms with van der Waals surface area (Å²) in [6, 6.07) is 2.54. The molecule has 1 unspecified atom stereocenters. The summed E-state index contributed by atoms with van der Waals surface area (Å²) in [4.78, 5) is 11.9. The highest BCUT2D eigenvalue weighted by molar-refractivity contribution is 5.73. The van der Waals surface area contributed by atoms with Crippen LogP contribution in [0.1, 0.15) is 18.7 Å². The highest BCUT2D eigenvalue weighted by atomic mass is 15.0. The number of fused-ring (bicyclic) bond motifs is 1. The minimum Gasteiger partial charge on any atom is -0.341 e. The average Bonchev–Trinajstić information content (AvgIpc) is 2.86. The fraction of sp³-hybridized carbons (Fsp3) is 0.455. The molecule has 0 bridgehead atoms. The van der Waals surface area contributed by atoms with Gasteiger partial charge in [0.2, 0.25) is 0 Å². The van der Waals surface area contributed by atoms with Crippen molar-refractivity contribution in [1.82, 2.24) is 20.3 Å². The van der Waals surface area contributed by atoms with E-state index in [9.17, 15) is 0 Å². The molecular weight excluding hydrogens is 188 g/mol. The second-order valence-electron chi connectivity index (χ2n) is 4.07. The minimum atomic E-state index is 0.596. The van der Waals surface area contributed by atoms with E-state index in [0.717, 1.165) is 29.8 Å². The molecule has 2 aromatic rings. The van der Waals surface area contributed by atoms with Crippen molar-refractivity contribution in [2.24, 2.45) is 0 Å². The van der Waals surface area contributed by atoms with Crippen LogP contribution in [-0.2, 0) is 6.42 Å². The van der Waals surface area contributed by atoms with Crippen LogP contribution in [0.3, 0.4) is 0 Å². The Morgan fingerprint density at radius 1 is 1.47 bits per heavy atom. The van der Waals surface area contributed by atoms with Crippen molar-refractivity contribution in [2.45, 2.75) is 25.3 Å². The first-order chi connectivity index (χ1) is 7.42. The van der Waals surface area contributed by atoms with Crippen molar-refractivity contribution in [1.29, 1.82) is 0 Å². The van der Waals surface area contributed by atoms with E-state index in [4.69, 9.17) is 0 Å². The lowest BCUT2D eigenvalue weighted by Gasteiger charge is -2.06. The molecule has 0 saturated carbocycles. The van der Waals surface area contributed by atoms with E-state index in [2.05, 4.69) is 20.3 Å². The predicted molar refractivity (Wildman–Crippen MR) is 58.6 cm³/mol. The molecule has 2 N–H and O–H groups in total. The van der Waals surface area contributed by atoms with Crippen LogP contribution in [-0.4, -0.2) is 27.5 Å². The highest BCUT2D eigenvalue weighted by Gasteiger charge is 2.16. The van der Waals surface area contributed by atoms with Crippen LogP contribution < -0.4 is 5.32 Å². The lowest BCUT2D eigenvalue weighted by atomic mass is 10.1. The fourth-order valence-corrected chi connectivity index (χ4v) is 2.17. The van der Waals surface area contributed by atoms with E-state index in [-0.39, 0.29) is 0 Å². The molecule has 1 saturated heterocycles. The van der Waals surface area contributed by atoms with Crippen molar-refractivity contribution in [3.8, 4) is 0 Å². The SMILES string of the molecule is c1cc2nc(CC3CCCN3)[nH]c2cn1. The fourth-order valence-electron chi connectivity index (χ4n) is 2.17. The van der Waals surface area contributed by atoms with Crippen LogP contribution in [0.4, 0.5) is 0 Å². The molecule has 1 aliphatic heterocycles. The number of H-pyrrole nitrogens is 1. The average molecular weight is 202 g/mol. The zero-order valence-electron chi connectivity index (χ0n) is 8.53. The van der Waals surface area contributed by atoms with Gasteiger partial charge in [-0.25, -0.2) is 4.98 Å². The van der Waals surface area contributed by atoms with Gasteiger partial charge in [0.15, 0.2) is 0 Å². The van der Waals surface area contributed by atoms with Gasteiger partial charge < -0.3 is 10.3 Å². The topological polar surface area (TPSA) is 53.6 Å². The Kier molecular flexibility index (Phi) is 2.14. The van der Waals surface area contributed by atoms with Gasteiger partial charge in [0, 0.05) is 18.7 Å². The molecular formula is C11H14N4. The van der Waals surface area contributed by atoms with Crippen molar-refractivity contribution in [3.63, 3.8) is 0 Å². The number of aromatic amines is 1. The van der Waals surface area contributed by atoms with E-state index in [1.807, 2.05) is 12.3 Å². The third-order valence-electron chi connectivity index (χ3n) is 2.93. The molecule has 78 valence electrons. The summed E-state index contributed by atoms with van der Waals surface area (Å²) in [6.07, 6.45) is 7.14. The minimum absolute atomic E-state index is 0.596. The van der Waals surface area contributed by atoms with Gasteiger partial charge >= 0.3 is 0 Å². The van der Waals surface area contributed by atoms with Crippen molar-refractivity contribution >= 4 is 11.0 Å². The molecule has 0 aliphatic carbocycles. The number of nitrogens with one attached hydrogen (secondary N) is 2. The molecule has 0 radical (unpaired) electrons. The molecule has 0 amide bonds. The van der Waals surface area contributed by atoms with Gasteiger partial charge in [-0.3, -0.25) is 4.98 Å². The van der Waals surface area contributed by atoms with E-state index in [1.54, 1.807) is 6.20 Å². The largest absolute Gasteiger partial charge is 0.341 e. The summed E-state index contributed by atoms with van der Waals surface area (Å²) >= 11 is 0. The number of pyridine rings is 1. The molecule has 3 rings (SSSR count). The van der Waals surface area contributed by atoms with Crippen molar-refractivity contribution in [2.75, 3.05) is 6.54 Å². The lowest BCUT2D eigenvalue weighted by molar-refractivity contribution is 0.589. The van der Waals surface area contributed by atoms with Crippen LogP contribution in [0.5, 0.6) is 0 Å². The van der Waals surface area contributed by atoms with E-state index >= 15 is 0 Å². The maximum Gasteiger partial charge on any atom is 0.108 e. The highest BCUT2D eigenvalue weighted by Crippen LogP contribution is 2.13. The predicted octanol–water partition coefficient (Wildman–Crippen LogP) is 1.25. The quantitative estimate of drug-likeness (QED) is 0.770. The number of imidazole rings is 1. The summed E-state index contributed by atoms with van der Waals surface area (Å²) in [5, 5.41) is 3.47. The second-order valence-corrected chi connectivity index (χ2v) is 4.07. The summed E-state index contributed by atoms with van der Waals surface area (Å²) in [5.41, 5.74) is 2.04. The van der Waals surface area contributed by atoms with Gasteiger partial charge in [-0.15, -0.1) is 0 Å². The van der Waals surface area contributed by atoms with Gasteiger partial charge in [0.25, 0.3) is 0 Å². The van der Waals surface area contributed by atoms with Crippen LogP contribution in [0.2, 0.25) is 0 Å². The van der Waals surface area contributed by atoms with E-state index < -0.39 is 0 Å². The monoisotopic (exact) mass is 202 g/mol. The molecule has 15 heavy (non-hydrogen) atoms. The Morgan fingerprint density at radius 2 is 2.47 bits per heavy atom. The Bertz CT molecular complexity index is 423. The van der Waals surface area contributed by atoms with Gasteiger partial charge in [-0.1, -0.05) is 0 Å². The third kappa shape index (κ3) is 1.72. The molecule has 2 aromatic heterocycles. The normalized spacial score (nSPS) is 21.2. The maximum absolute atomic E-state index is 4.54. The summed E-state index contributed by atoms with van der Waals surface area (Å²) in [7, 11) is 0. The second kappa shape index (κ2) is 3.62. The van der Waals surface area contributed by atoms with Crippen LogP contribution in [0.25, 0.3) is 11.0 Å². The zero-order valence-corrected chi connectivity index (χ0v) is 8.53. The van der Waals surface area contributed by atoms with Gasteiger partial charge in [0.1, 0.15) is 5.82 Å². The van der Waals surface area contributed by atoms with E-state index in [1.165, 1.54) is 12.8 Å². The van der Waals surface area contributed by atoms with Crippen molar-refractivity contribution < 1.29 is 0 Å². The third-order valence-corrected chi connectivity index (χ3v) is 2.93. The van der Waals surface area contributed by atoms with Crippen LogP contribution in [0.15, 0.2) is 18.5 Å². The number of hydrogen-bond acceptors (Lipinski definition) is 3. The zero-order chi connectivity index (χ0) is 10.1. The first-order valence-electron chi connectivity index (χ1n) is 5.44. The Morgan fingerprint density at radius 3 is 3.27 bits per heavy atom. The van der Waals surface area contributed by atoms with Crippen molar-refractivity contribution in [3.05, 3.63) is 24.3 Å². The number of hydrogen-bond donors (Lipinski definition) is 2. The molecule has 0 aromatic carbocycles. The van der Waals surface area contributed by atoms with Crippen LogP contribution >= 0.6 is 0 Å². The lowest BCUT2D eigenvalue weighted by Crippen LogP contribution is -2.24. The first-order valence-corrected chi connectivity index (χ1v) is 5.44. The first kappa shape index (κ1) is 8.85. The molecule has 1 atom stereocenters. The molecule has 3 heterocycles. The molecule has 4 nitrogen and oxygen atoms in total. The smallest absolute Gasteiger partial charge is 0.108 e. The maximum atomic E-state index is 4.54. The molecule has 4 heteroatoms. The Labute approximate surface area is 88.1 Å². The van der Waals surface area contributed by atoms with Crippen LogP contribution in [0, 0.1) is 0 Å². The summed E-state index contributed by atoms with van der Waals surface area (Å²) in [5.74, 6) is 1.07. The Hall–Kier alpha value is -1.42. The molecule has 1 aliphatic rings. The number of nitrogens with zero attached hydrogens (tertiary/aromatic N) is 2. The van der Waals surface area contributed by atoms with Gasteiger partial charge in [0.05, 0.1) is 17.2 Å². The van der Waals surface area contributed by atoms with E-state index in [0.29, 0.717) is 6.04 Å².